The molecule has 0 amide bonds. The molecular weight excluding hydrogens is 268 g/mol. The molecule has 0 heterocycles. The number of sulfone groups is 1. The summed E-state index contributed by atoms with van der Waals surface area (Å²) in [6.07, 6.45) is 3.68. The fourth-order valence-corrected chi connectivity index (χ4v) is 3.11. The molecule has 104 valence electrons. The Morgan fingerprint density at radius 2 is 1.50 bits per heavy atom. The molecule has 0 saturated carbocycles. The summed E-state index contributed by atoms with van der Waals surface area (Å²) in [5, 5.41) is 0. The Kier molecular flexibility index (Phi) is 4.74. The SMILES string of the molecule is CC(/C=C\CS(=O)(=O)c1ccccc1)c1ccccc1. The van der Waals surface area contributed by atoms with Crippen LogP contribution in [0.5, 0.6) is 0 Å². The zero-order valence-corrected chi connectivity index (χ0v) is 12.3. The third-order valence-corrected chi connectivity index (χ3v) is 4.79. The lowest BCUT2D eigenvalue weighted by molar-refractivity contribution is 0.599. The van der Waals surface area contributed by atoms with Gasteiger partial charge in [0.15, 0.2) is 9.84 Å². The monoisotopic (exact) mass is 286 g/mol. The van der Waals surface area contributed by atoms with Crippen molar-refractivity contribution >= 4 is 9.84 Å². The molecule has 0 fully saturated rings. The lowest BCUT2D eigenvalue weighted by Crippen LogP contribution is -2.04. The summed E-state index contributed by atoms with van der Waals surface area (Å²) in [4.78, 5) is 0.372. The first-order chi connectivity index (χ1) is 9.59. The minimum Gasteiger partial charge on any atom is -0.223 e. The normalized spacial score (nSPS) is 13.4. The molecule has 0 aliphatic rings. The van der Waals surface area contributed by atoms with Crippen molar-refractivity contribution < 1.29 is 8.42 Å². The Labute approximate surface area is 120 Å². The van der Waals surface area contributed by atoms with Crippen molar-refractivity contribution in [2.45, 2.75) is 17.7 Å². The smallest absolute Gasteiger partial charge is 0.181 e. The highest BCUT2D eigenvalue weighted by atomic mass is 32.2. The van der Waals surface area contributed by atoms with Crippen molar-refractivity contribution in [1.29, 1.82) is 0 Å². The van der Waals surface area contributed by atoms with Crippen molar-refractivity contribution in [2.75, 3.05) is 5.75 Å². The van der Waals surface area contributed by atoms with Gasteiger partial charge < -0.3 is 0 Å². The van der Waals surface area contributed by atoms with Gasteiger partial charge in [-0.3, -0.25) is 0 Å². The third kappa shape index (κ3) is 3.81. The lowest BCUT2D eigenvalue weighted by Gasteiger charge is -2.06. The van der Waals surface area contributed by atoms with Gasteiger partial charge in [-0.15, -0.1) is 0 Å². The molecule has 0 N–H and O–H groups in total. The van der Waals surface area contributed by atoms with Crippen molar-refractivity contribution in [1.82, 2.24) is 0 Å². The molecule has 1 unspecified atom stereocenters. The van der Waals surface area contributed by atoms with E-state index in [0.717, 1.165) is 0 Å². The molecule has 0 aliphatic carbocycles. The van der Waals surface area contributed by atoms with E-state index in [1.807, 2.05) is 42.5 Å². The van der Waals surface area contributed by atoms with Crippen LogP contribution in [-0.4, -0.2) is 14.2 Å². The average molecular weight is 286 g/mol. The second kappa shape index (κ2) is 6.53. The van der Waals surface area contributed by atoms with Crippen LogP contribution in [0.2, 0.25) is 0 Å². The molecule has 0 aliphatic heterocycles. The van der Waals surface area contributed by atoms with Crippen LogP contribution in [0.3, 0.4) is 0 Å². The van der Waals surface area contributed by atoms with Crippen LogP contribution in [0.4, 0.5) is 0 Å². The van der Waals surface area contributed by atoms with Gasteiger partial charge in [-0.1, -0.05) is 67.6 Å². The van der Waals surface area contributed by atoms with Crippen molar-refractivity contribution in [3.8, 4) is 0 Å². The molecule has 0 spiro atoms. The fraction of sp³-hybridized carbons (Fsp3) is 0.176. The number of hydrogen-bond donors (Lipinski definition) is 0. The second-order valence-corrected chi connectivity index (χ2v) is 6.76. The van der Waals surface area contributed by atoms with Gasteiger partial charge in [-0.2, -0.15) is 0 Å². The molecule has 0 radical (unpaired) electrons. The van der Waals surface area contributed by atoms with Crippen molar-refractivity contribution in [2.24, 2.45) is 0 Å². The van der Waals surface area contributed by atoms with E-state index in [4.69, 9.17) is 0 Å². The Balaban J connectivity index is 2.03. The average Bonchev–Trinajstić information content (AvgIpc) is 2.49. The number of rotatable bonds is 5. The van der Waals surface area contributed by atoms with E-state index in [0.29, 0.717) is 4.90 Å². The maximum absolute atomic E-state index is 12.1. The number of benzene rings is 2. The van der Waals surface area contributed by atoms with Gasteiger partial charge in [0.1, 0.15) is 0 Å². The summed E-state index contributed by atoms with van der Waals surface area (Å²) in [6, 6.07) is 18.6. The summed E-state index contributed by atoms with van der Waals surface area (Å²) in [5.41, 5.74) is 1.18. The third-order valence-electron chi connectivity index (χ3n) is 3.17. The van der Waals surface area contributed by atoms with Gasteiger partial charge in [-0.05, 0) is 23.6 Å². The van der Waals surface area contributed by atoms with E-state index in [-0.39, 0.29) is 11.7 Å². The first-order valence-electron chi connectivity index (χ1n) is 6.59. The van der Waals surface area contributed by atoms with Gasteiger partial charge in [0, 0.05) is 0 Å². The van der Waals surface area contributed by atoms with Crippen LogP contribution in [0.25, 0.3) is 0 Å². The maximum Gasteiger partial charge on any atom is 0.181 e. The Morgan fingerprint density at radius 3 is 2.10 bits per heavy atom. The summed E-state index contributed by atoms with van der Waals surface area (Å²) in [5.74, 6) is 0.246. The van der Waals surface area contributed by atoms with E-state index >= 15 is 0 Å². The van der Waals surface area contributed by atoms with E-state index in [9.17, 15) is 8.42 Å². The molecule has 2 rings (SSSR count). The molecule has 20 heavy (non-hydrogen) atoms. The Morgan fingerprint density at radius 1 is 0.950 bits per heavy atom. The molecule has 0 bridgehead atoms. The number of hydrogen-bond acceptors (Lipinski definition) is 2. The summed E-state index contributed by atoms with van der Waals surface area (Å²) in [6.45, 7) is 2.06. The zero-order chi connectivity index (χ0) is 14.4. The minimum atomic E-state index is -3.22. The molecule has 1 atom stereocenters. The standard InChI is InChI=1S/C17H18O2S/c1-15(16-10-4-2-5-11-16)9-8-14-20(18,19)17-12-6-3-7-13-17/h2-13,15H,14H2,1H3/b9-8-. The predicted molar refractivity (Wildman–Crippen MR) is 82.5 cm³/mol. The fourth-order valence-electron chi connectivity index (χ4n) is 1.98. The second-order valence-electron chi connectivity index (χ2n) is 4.72. The van der Waals surface area contributed by atoms with E-state index in [1.165, 1.54) is 5.56 Å². The van der Waals surface area contributed by atoms with Gasteiger partial charge in [-0.25, -0.2) is 8.42 Å². The molecular formula is C17H18O2S. The quantitative estimate of drug-likeness (QED) is 0.783. The van der Waals surface area contributed by atoms with Crippen molar-refractivity contribution in [3.63, 3.8) is 0 Å². The largest absolute Gasteiger partial charge is 0.223 e. The maximum atomic E-state index is 12.1. The minimum absolute atomic E-state index is 0.0359. The van der Waals surface area contributed by atoms with Crippen LogP contribution in [0, 0.1) is 0 Å². The van der Waals surface area contributed by atoms with Crippen LogP contribution in [0.1, 0.15) is 18.4 Å². The van der Waals surface area contributed by atoms with Gasteiger partial charge in [0.2, 0.25) is 0 Å². The van der Waals surface area contributed by atoms with E-state index in [2.05, 4.69) is 6.92 Å². The lowest BCUT2D eigenvalue weighted by atomic mass is 10.0. The van der Waals surface area contributed by atoms with Crippen LogP contribution < -0.4 is 0 Å². The predicted octanol–water partition coefficient (Wildman–Crippen LogP) is 3.82. The Bertz CT molecular complexity index is 659. The first kappa shape index (κ1) is 14.5. The van der Waals surface area contributed by atoms with Crippen LogP contribution in [0.15, 0.2) is 77.7 Å². The molecule has 2 aromatic carbocycles. The van der Waals surface area contributed by atoms with E-state index < -0.39 is 9.84 Å². The van der Waals surface area contributed by atoms with Crippen LogP contribution >= 0.6 is 0 Å². The number of allylic oxidation sites excluding steroid dienone is 1. The van der Waals surface area contributed by atoms with Gasteiger partial charge >= 0.3 is 0 Å². The van der Waals surface area contributed by atoms with Gasteiger partial charge in [0.05, 0.1) is 10.6 Å². The summed E-state index contributed by atoms with van der Waals surface area (Å²) in [7, 11) is -3.22. The highest BCUT2D eigenvalue weighted by Gasteiger charge is 2.11. The summed E-state index contributed by atoms with van der Waals surface area (Å²) < 4.78 is 24.2. The highest BCUT2D eigenvalue weighted by molar-refractivity contribution is 7.91. The molecule has 2 nitrogen and oxygen atoms in total. The zero-order valence-electron chi connectivity index (χ0n) is 11.4. The van der Waals surface area contributed by atoms with E-state index in [1.54, 1.807) is 30.3 Å². The first-order valence-corrected chi connectivity index (χ1v) is 8.24. The topological polar surface area (TPSA) is 34.1 Å². The highest BCUT2D eigenvalue weighted by Crippen LogP contribution is 2.16. The Hall–Kier alpha value is -1.87. The molecule has 0 aromatic heterocycles. The molecule has 2 aromatic rings. The van der Waals surface area contributed by atoms with Crippen LogP contribution in [-0.2, 0) is 9.84 Å². The molecule has 0 saturated heterocycles. The van der Waals surface area contributed by atoms with Gasteiger partial charge in [0.25, 0.3) is 0 Å². The summed E-state index contributed by atoms with van der Waals surface area (Å²) >= 11 is 0. The molecule has 3 heteroatoms. The van der Waals surface area contributed by atoms with Crippen molar-refractivity contribution in [3.05, 3.63) is 78.4 Å².